The average molecular weight is 363 g/mol. The van der Waals surface area contributed by atoms with Crippen molar-refractivity contribution >= 4 is 5.88 Å². The zero-order valence-corrected chi connectivity index (χ0v) is 14.1. The molecule has 0 aliphatic carbocycles. The van der Waals surface area contributed by atoms with Gasteiger partial charge in [0.15, 0.2) is 0 Å². The van der Waals surface area contributed by atoms with Gasteiger partial charge in [0.25, 0.3) is 0 Å². The molecule has 27 heavy (non-hydrogen) atoms. The Labute approximate surface area is 153 Å². The third-order valence-corrected chi connectivity index (χ3v) is 4.31. The van der Waals surface area contributed by atoms with Crippen LogP contribution in [0.2, 0.25) is 0 Å². The molecule has 0 unspecified atom stereocenters. The van der Waals surface area contributed by atoms with E-state index in [1.807, 2.05) is 36.4 Å². The molecule has 3 heterocycles. The van der Waals surface area contributed by atoms with Crippen LogP contribution in [0, 0.1) is 28.4 Å². The molecule has 0 radical (unpaired) electrons. The Morgan fingerprint density at radius 3 is 2.67 bits per heavy atom. The van der Waals surface area contributed by atoms with E-state index in [4.69, 9.17) is 14.9 Å². The predicted octanol–water partition coefficient (Wildman–Crippen LogP) is 2.90. The zero-order valence-electron chi connectivity index (χ0n) is 14.1. The van der Waals surface area contributed by atoms with Gasteiger partial charge in [-0.2, -0.15) is 10.4 Å². The molecule has 1 atom stereocenters. The molecule has 2 N–H and O–H groups in total. The van der Waals surface area contributed by atoms with E-state index in [0.29, 0.717) is 17.1 Å². The molecule has 0 fully saturated rings. The SMILES string of the molecule is Cc1nn(-c2ccccc2)c2c1[C@@H](c1ccc([N+](=O)[O-])o1)C(C#N)=C(N)O2. The van der Waals surface area contributed by atoms with E-state index in [1.165, 1.54) is 12.1 Å². The molecule has 0 spiro atoms. The molecule has 134 valence electrons. The largest absolute Gasteiger partial charge is 0.433 e. The normalized spacial score (nSPS) is 15.8. The highest BCUT2D eigenvalue weighted by Gasteiger charge is 2.38. The molecule has 0 saturated carbocycles. The molecule has 2 aromatic heterocycles. The van der Waals surface area contributed by atoms with Crippen molar-refractivity contribution in [3.63, 3.8) is 0 Å². The molecule has 9 nitrogen and oxygen atoms in total. The number of hydrogen-bond donors (Lipinski definition) is 1. The molecule has 0 bridgehead atoms. The van der Waals surface area contributed by atoms with Gasteiger partial charge in [0.05, 0.1) is 28.9 Å². The first kappa shape index (κ1) is 16.4. The second kappa shape index (κ2) is 6.03. The van der Waals surface area contributed by atoms with Crippen molar-refractivity contribution in [2.75, 3.05) is 0 Å². The molecular weight excluding hydrogens is 350 g/mol. The molecule has 1 aromatic carbocycles. The van der Waals surface area contributed by atoms with Crippen LogP contribution in [0.1, 0.15) is 22.9 Å². The summed E-state index contributed by atoms with van der Waals surface area (Å²) >= 11 is 0. The summed E-state index contributed by atoms with van der Waals surface area (Å²) in [6.45, 7) is 1.77. The number of furan rings is 1. The maximum absolute atomic E-state index is 11.0. The van der Waals surface area contributed by atoms with Gasteiger partial charge < -0.3 is 14.9 Å². The van der Waals surface area contributed by atoms with Gasteiger partial charge in [-0.15, -0.1) is 0 Å². The number of ether oxygens (including phenoxy) is 1. The highest BCUT2D eigenvalue weighted by atomic mass is 16.6. The zero-order chi connectivity index (χ0) is 19.1. The van der Waals surface area contributed by atoms with Crippen molar-refractivity contribution < 1.29 is 14.1 Å². The summed E-state index contributed by atoms with van der Waals surface area (Å²) in [5.74, 6) is -0.682. The van der Waals surface area contributed by atoms with Crippen LogP contribution in [0.15, 0.2) is 58.3 Å². The minimum absolute atomic E-state index is 0.0915. The highest BCUT2D eigenvalue weighted by molar-refractivity contribution is 5.56. The number of nitrogens with zero attached hydrogens (tertiary/aromatic N) is 4. The Morgan fingerprint density at radius 1 is 1.30 bits per heavy atom. The molecule has 0 saturated heterocycles. The topological polar surface area (TPSA) is 133 Å². The number of nitro groups is 1. The monoisotopic (exact) mass is 363 g/mol. The third kappa shape index (κ3) is 2.51. The van der Waals surface area contributed by atoms with Crippen LogP contribution in [-0.4, -0.2) is 14.7 Å². The van der Waals surface area contributed by atoms with Crippen LogP contribution in [-0.2, 0) is 0 Å². The fourth-order valence-corrected chi connectivity index (χ4v) is 3.14. The van der Waals surface area contributed by atoms with E-state index < -0.39 is 16.7 Å². The Kier molecular flexibility index (Phi) is 3.67. The van der Waals surface area contributed by atoms with Gasteiger partial charge in [-0.3, -0.25) is 10.1 Å². The van der Waals surface area contributed by atoms with Gasteiger partial charge in [-0.05, 0) is 25.1 Å². The summed E-state index contributed by atoms with van der Waals surface area (Å²) in [5, 5.41) is 25.1. The number of para-hydroxylation sites is 1. The van der Waals surface area contributed by atoms with E-state index in [-0.39, 0.29) is 17.2 Å². The van der Waals surface area contributed by atoms with Crippen molar-refractivity contribution in [2.24, 2.45) is 5.73 Å². The second-order valence-electron chi connectivity index (χ2n) is 5.91. The average Bonchev–Trinajstić information content (AvgIpc) is 3.27. The summed E-state index contributed by atoms with van der Waals surface area (Å²) in [4.78, 5) is 10.3. The number of fused-ring (bicyclic) bond motifs is 1. The maximum Gasteiger partial charge on any atom is 0.433 e. The van der Waals surface area contributed by atoms with Crippen LogP contribution < -0.4 is 10.5 Å². The third-order valence-electron chi connectivity index (χ3n) is 4.31. The minimum Gasteiger partial charge on any atom is -0.422 e. The smallest absolute Gasteiger partial charge is 0.422 e. The number of allylic oxidation sites excluding steroid dienone is 1. The van der Waals surface area contributed by atoms with Crippen molar-refractivity contribution in [3.8, 4) is 17.6 Å². The first-order chi connectivity index (χ1) is 13.0. The molecule has 3 aromatic rings. The van der Waals surface area contributed by atoms with Gasteiger partial charge in [0, 0.05) is 0 Å². The highest BCUT2D eigenvalue weighted by Crippen LogP contribution is 2.45. The maximum atomic E-state index is 11.0. The summed E-state index contributed by atoms with van der Waals surface area (Å²) in [6.07, 6.45) is 0. The number of nitriles is 1. The van der Waals surface area contributed by atoms with Crippen LogP contribution >= 0.6 is 0 Å². The quantitative estimate of drug-likeness (QED) is 0.558. The minimum atomic E-state index is -0.745. The summed E-state index contributed by atoms with van der Waals surface area (Å²) in [6, 6.07) is 14.0. The summed E-state index contributed by atoms with van der Waals surface area (Å²) < 4.78 is 12.6. The van der Waals surface area contributed by atoms with Gasteiger partial charge in [0.1, 0.15) is 22.3 Å². The fraction of sp³-hybridized carbons (Fsp3) is 0.111. The van der Waals surface area contributed by atoms with Gasteiger partial charge in [-0.25, -0.2) is 4.68 Å². The van der Waals surface area contributed by atoms with Crippen LogP contribution in [0.5, 0.6) is 5.88 Å². The lowest BCUT2D eigenvalue weighted by atomic mass is 9.88. The lowest BCUT2D eigenvalue weighted by Crippen LogP contribution is -2.21. The van der Waals surface area contributed by atoms with E-state index in [2.05, 4.69) is 5.10 Å². The molecular formula is C18H13N5O4. The van der Waals surface area contributed by atoms with Gasteiger partial charge in [0.2, 0.25) is 11.8 Å². The van der Waals surface area contributed by atoms with Crippen molar-refractivity contribution in [1.82, 2.24) is 9.78 Å². The van der Waals surface area contributed by atoms with E-state index in [1.54, 1.807) is 11.6 Å². The standard InChI is InChI=1S/C18H13N5O4/c1-10-15-16(13-7-8-14(26-13)23(24)25)12(9-19)17(20)27-18(15)22(21-10)11-5-3-2-4-6-11/h2-8,16H,20H2,1H3/t16-/m1/s1. The number of aromatic nitrogens is 2. The van der Waals surface area contributed by atoms with Crippen molar-refractivity contribution in [1.29, 1.82) is 5.26 Å². The molecule has 4 rings (SSSR count). The molecule has 1 aliphatic heterocycles. The van der Waals surface area contributed by atoms with Crippen molar-refractivity contribution in [3.05, 3.63) is 81.1 Å². The number of hydrogen-bond acceptors (Lipinski definition) is 7. The lowest BCUT2D eigenvalue weighted by Gasteiger charge is -2.22. The van der Waals surface area contributed by atoms with Crippen LogP contribution in [0.3, 0.4) is 0 Å². The number of aryl methyl sites for hydroxylation is 1. The number of nitrogens with two attached hydrogens (primary N) is 1. The van der Waals surface area contributed by atoms with Gasteiger partial charge in [-0.1, -0.05) is 18.2 Å². The molecule has 1 aliphatic rings. The lowest BCUT2D eigenvalue weighted by molar-refractivity contribution is -0.402. The Hall–Kier alpha value is -4.06. The van der Waals surface area contributed by atoms with Gasteiger partial charge >= 0.3 is 5.88 Å². The van der Waals surface area contributed by atoms with E-state index in [9.17, 15) is 15.4 Å². The summed E-state index contributed by atoms with van der Waals surface area (Å²) in [7, 11) is 0. The van der Waals surface area contributed by atoms with Crippen molar-refractivity contribution in [2.45, 2.75) is 12.8 Å². The Bertz CT molecular complexity index is 1120. The first-order valence-electron chi connectivity index (χ1n) is 7.98. The number of rotatable bonds is 3. The Balaban J connectivity index is 1.94. The molecule has 9 heteroatoms. The van der Waals surface area contributed by atoms with E-state index >= 15 is 0 Å². The second-order valence-corrected chi connectivity index (χ2v) is 5.91. The summed E-state index contributed by atoms with van der Waals surface area (Å²) in [5.41, 5.74) is 8.01. The van der Waals surface area contributed by atoms with E-state index in [0.717, 1.165) is 5.69 Å². The Morgan fingerprint density at radius 2 is 2.04 bits per heavy atom. The molecule has 0 amide bonds. The van der Waals surface area contributed by atoms with Crippen LogP contribution in [0.4, 0.5) is 5.88 Å². The first-order valence-corrected chi connectivity index (χ1v) is 7.98. The predicted molar refractivity (Wildman–Crippen MR) is 93.0 cm³/mol. The fourth-order valence-electron chi connectivity index (χ4n) is 3.14. The number of benzene rings is 1. The van der Waals surface area contributed by atoms with Crippen LogP contribution in [0.25, 0.3) is 5.69 Å².